The fourth-order valence-electron chi connectivity index (χ4n) is 1.80. The summed E-state index contributed by atoms with van der Waals surface area (Å²) in [6.07, 6.45) is 0. The van der Waals surface area contributed by atoms with Crippen LogP contribution in [0.4, 0.5) is 8.78 Å². The van der Waals surface area contributed by atoms with Gasteiger partial charge in [-0.1, -0.05) is 24.3 Å². The van der Waals surface area contributed by atoms with Gasteiger partial charge in [-0.15, -0.1) is 0 Å². The Hall–Kier alpha value is -1.49. The van der Waals surface area contributed by atoms with Gasteiger partial charge >= 0.3 is 5.97 Å². The maximum atomic E-state index is 13.0. The highest BCUT2D eigenvalue weighted by Crippen LogP contribution is 2.34. The average Bonchev–Trinajstić information content (AvgIpc) is 2.14. The van der Waals surface area contributed by atoms with Gasteiger partial charge in [0.05, 0.1) is 13.2 Å². The van der Waals surface area contributed by atoms with Crippen molar-refractivity contribution in [2.45, 2.75) is 18.3 Å². The van der Waals surface area contributed by atoms with Crippen LogP contribution in [0, 0.1) is 0 Å². The van der Waals surface area contributed by atoms with Gasteiger partial charge < -0.3 is 9.84 Å². The van der Waals surface area contributed by atoms with Crippen molar-refractivity contribution in [3.63, 3.8) is 0 Å². The average molecular weight is 242 g/mol. The van der Waals surface area contributed by atoms with Crippen molar-refractivity contribution in [2.24, 2.45) is 0 Å². The summed E-state index contributed by atoms with van der Waals surface area (Å²) in [5, 5.41) is 9.14. The highest BCUT2D eigenvalue weighted by molar-refractivity contribution is 5.82. The zero-order chi connectivity index (χ0) is 12.7. The summed E-state index contributed by atoms with van der Waals surface area (Å²) in [7, 11) is 0. The van der Waals surface area contributed by atoms with Crippen LogP contribution in [-0.4, -0.2) is 24.3 Å². The van der Waals surface area contributed by atoms with E-state index in [4.69, 9.17) is 9.84 Å². The van der Waals surface area contributed by atoms with Crippen LogP contribution in [0.1, 0.15) is 18.1 Å². The summed E-state index contributed by atoms with van der Waals surface area (Å²) >= 11 is 0. The third-order valence-corrected chi connectivity index (χ3v) is 3.05. The van der Waals surface area contributed by atoms with E-state index in [-0.39, 0.29) is 18.8 Å². The minimum atomic E-state index is -2.91. The second-order valence-corrected chi connectivity index (χ2v) is 4.35. The predicted molar refractivity (Wildman–Crippen MR) is 56.1 cm³/mol. The molecule has 2 rings (SSSR count). The Morgan fingerprint density at radius 3 is 2.18 bits per heavy atom. The smallest absolute Gasteiger partial charge is 0.318 e. The van der Waals surface area contributed by atoms with E-state index in [0.29, 0.717) is 5.56 Å². The largest absolute Gasteiger partial charge is 0.480 e. The van der Waals surface area contributed by atoms with E-state index < -0.39 is 17.3 Å². The summed E-state index contributed by atoms with van der Waals surface area (Å²) in [4.78, 5) is 11.2. The van der Waals surface area contributed by atoms with Crippen LogP contribution in [0.3, 0.4) is 0 Å². The van der Waals surface area contributed by atoms with Crippen molar-refractivity contribution in [1.82, 2.24) is 0 Å². The van der Waals surface area contributed by atoms with Gasteiger partial charge in [0, 0.05) is 12.5 Å². The minimum Gasteiger partial charge on any atom is -0.480 e. The zero-order valence-corrected chi connectivity index (χ0v) is 9.24. The molecule has 92 valence electrons. The number of carboxylic acids is 1. The first-order valence-corrected chi connectivity index (χ1v) is 5.16. The van der Waals surface area contributed by atoms with Crippen molar-refractivity contribution in [3.8, 4) is 0 Å². The van der Waals surface area contributed by atoms with Crippen molar-refractivity contribution < 1.29 is 23.4 Å². The number of halogens is 2. The Labute approximate surface area is 97.0 Å². The first-order valence-electron chi connectivity index (χ1n) is 5.16. The lowest BCUT2D eigenvalue weighted by Gasteiger charge is -2.37. The molecular weight excluding hydrogens is 230 g/mol. The topological polar surface area (TPSA) is 46.5 Å². The van der Waals surface area contributed by atoms with E-state index in [1.165, 1.54) is 24.3 Å². The zero-order valence-electron chi connectivity index (χ0n) is 9.24. The Balaban J connectivity index is 2.32. The van der Waals surface area contributed by atoms with E-state index in [1.54, 1.807) is 0 Å². The molecule has 17 heavy (non-hydrogen) atoms. The monoisotopic (exact) mass is 242 g/mol. The van der Waals surface area contributed by atoms with E-state index in [1.807, 2.05) is 0 Å². The SMILES string of the molecule is CC(F)(F)c1ccc(C2(C(=O)O)COC2)cc1. The molecule has 0 radical (unpaired) electrons. The Morgan fingerprint density at radius 1 is 1.35 bits per heavy atom. The molecule has 1 N–H and O–H groups in total. The van der Waals surface area contributed by atoms with Crippen molar-refractivity contribution in [2.75, 3.05) is 13.2 Å². The number of ether oxygens (including phenoxy) is 1. The standard InChI is InChI=1S/C12H12F2O3/c1-11(13,14)8-2-4-9(5-3-8)12(10(15)16)6-17-7-12/h2-5H,6-7H2,1H3,(H,15,16). The Morgan fingerprint density at radius 2 is 1.88 bits per heavy atom. The fourth-order valence-corrected chi connectivity index (χ4v) is 1.80. The molecule has 1 aliphatic rings. The third-order valence-electron chi connectivity index (χ3n) is 3.05. The number of carboxylic acid groups (broad SMARTS) is 1. The molecule has 0 spiro atoms. The number of alkyl halides is 2. The van der Waals surface area contributed by atoms with Crippen LogP contribution in [0.5, 0.6) is 0 Å². The van der Waals surface area contributed by atoms with E-state index >= 15 is 0 Å². The molecule has 0 unspecified atom stereocenters. The first kappa shape index (κ1) is 12.0. The van der Waals surface area contributed by atoms with Gasteiger partial charge in [-0.25, -0.2) is 8.78 Å². The molecule has 0 saturated carbocycles. The van der Waals surface area contributed by atoms with Gasteiger partial charge in [-0.2, -0.15) is 0 Å². The summed E-state index contributed by atoms with van der Waals surface area (Å²) in [6, 6.07) is 5.39. The van der Waals surface area contributed by atoms with Gasteiger partial charge in [-0.05, 0) is 5.56 Å². The van der Waals surface area contributed by atoms with Crippen LogP contribution in [-0.2, 0) is 20.9 Å². The Bertz CT molecular complexity index is 430. The second-order valence-electron chi connectivity index (χ2n) is 4.35. The highest BCUT2D eigenvalue weighted by Gasteiger charge is 2.47. The second kappa shape index (κ2) is 3.77. The van der Waals surface area contributed by atoms with Crippen LogP contribution in [0.25, 0.3) is 0 Å². The maximum absolute atomic E-state index is 13.0. The fraction of sp³-hybridized carbons (Fsp3) is 0.417. The Kier molecular flexibility index (Phi) is 2.66. The molecule has 3 nitrogen and oxygen atoms in total. The molecule has 0 atom stereocenters. The lowest BCUT2D eigenvalue weighted by Crippen LogP contribution is -2.53. The van der Waals surface area contributed by atoms with Crippen molar-refractivity contribution in [3.05, 3.63) is 35.4 Å². The van der Waals surface area contributed by atoms with E-state index in [2.05, 4.69) is 0 Å². The number of hydrogen-bond acceptors (Lipinski definition) is 2. The molecule has 5 heteroatoms. The molecule has 1 fully saturated rings. The number of hydrogen-bond donors (Lipinski definition) is 1. The molecule has 0 aliphatic carbocycles. The van der Waals surface area contributed by atoms with Crippen LogP contribution < -0.4 is 0 Å². The summed E-state index contributed by atoms with van der Waals surface area (Å²) in [6.45, 7) is 0.982. The van der Waals surface area contributed by atoms with E-state index in [9.17, 15) is 13.6 Å². The number of rotatable bonds is 3. The van der Waals surface area contributed by atoms with Gasteiger partial charge in [0.25, 0.3) is 5.92 Å². The van der Waals surface area contributed by atoms with Crippen LogP contribution in [0.15, 0.2) is 24.3 Å². The number of benzene rings is 1. The lowest BCUT2D eigenvalue weighted by molar-refractivity contribution is -0.163. The van der Waals surface area contributed by atoms with Gasteiger partial charge in [0.2, 0.25) is 0 Å². The molecule has 1 aliphatic heterocycles. The molecule has 0 bridgehead atoms. The van der Waals surface area contributed by atoms with Gasteiger partial charge in [0.1, 0.15) is 5.41 Å². The van der Waals surface area contributed by atoms with Crippen molar-refractivity contribution >= 4 is 5.97 Å². The normalized spacial score (nSPS) is 18.5. The lowest BCUT2D eigenvalue weighted by atomic mass is 9.78. The molecule has 1 aromatic carbocycles. The van der Waals surface area contributed by atoms with Gasteiger partial charge in [-0.3, -0.25) is 4.79 Å². The van der Waals surface area contributed by atoms with Crippen LogP contribution >= 0.6 is 0 Å². The van der Waals surface area contributed by atoms with Gasteiger partial charge in [0.15, 0.2) is 0 Å². The summed E-state index contributed by atoms with van der Waals surface area (Å²) < 4.78 is 30.9. The molecule has 1 aromatic rings. The first-order chi connectivity index (χ1) is 7.86. The number of aliphatic carboxylic acids is 1. The molecule has 0 aromatic heterocycles. The molecule has 1 heterocycles. The summed E-state index contributed by atoms with van der Waals surface area (Å²) in [5.74, 6) is -3.90. The highest BCUT2D eigenvalue weighted by atomic mass is 19.3. The molecule has 1 saturated heterocycles. The maximum Gasteiger partial charge on any atom is 0.318 e. The summed E-state index contributed by atoms with van der Waals surface area (Å²) in [5.41, 5.74) is -0.687. The predicted octanol–water partition coefficient (Wildman–Crippen LogP) is 2.15. The van der Waals surface area contributed by atoms with Crippen molar-refractivity contribution in [1.29, 1.82) is 0 Å². The van der Waals surface area contributed by atoms with E-state index in [0.717, 1.165) is 6.92 Å². The molecular formula is C12H12F2O3. The third kappa shape index (κ3) is 1.91. The van der Waals surface area contributed by atoms with Crippen LogP contribution in [0.2, 0.25) is 0 Å². The number of carbonyl (C=O) groups is 1. The molecule has 0 amide bonds. The minimum absolute atomic E-state index is 0.0875. The quantitative estimate of drug-likeness (QED) is 0.883.